The summed E-state index contributed by atoms with van der Waals surface area (Å²) in [5.41, 5.74) is 0.817. The molecule has 1 heterocycles. The van der Waals surface area contributed by atoms with Gasteiger partial charge in [0, 0.05) is 13.7 Å². The number of hydrogen-bond donors (Lipinski definition) is 1. The van der Waals surface area contributed by atoms with Crippen LogP contribution in [0.1, 0.15) is 58.7 Å². The lowest BCUT2D eigenvalue weighted by Gasteiger charge is -2.40. The average Bonchev–Trinajstić information content (AvgIpc) is 2.78. The molecule has 0 saturated heterocycles. The van der Waals surface area contributed by atoms with Crippen LogP contribution in [-0.4, -0.2) is 33.7 Å². The van der Waals surface area contributed by atoms with E-state index in [2.05, 4.69) is 52.3 Å². The van der Waals surface area contributed by atoms with E-state index in [9.17, 15) is 0 Å². The maximum Gasteiger partial charge on any atom is 0.153 e. The standard InChI is InChI=1S/C14H27BrN4O/c1-6-10-16-12(11-13(15)17-18-19(11)5)14(7-2,8-3)20-9-4/h12,16H,6-10H2,1-5H3. The summed E-state index contributed by atoms with van der Waals surface area (Å²) in [7, 11) is 1.93. The van der Waals surface area contributed by atoms with Crippen LogP contribution in [0.25, 0.3) is 0 Å². The fraction of sp³-hybridized carbons (Fsp3) is 0.857. The van der Waals surface area contributed by atoms with E-state index in [1.807, 2.05) is 18.7 Å². The van der Waals surface area contributed by atoms with Crippen molar-refractivity contribution in [2.75, 3.05) is 13.2 Å². The van der Waals surface area contributed by atoms with Crippen molar-refractivity contribution in [3.05, 3.63) is 10.3 Å². The second-order valence-corrected chi connectivity index (χ2v) is 5.73. The third-order valence-electron chi connectivity index (χ3n) is 3.85. The third-order valence-corrected chi connectivity index (χ3v) is 4.42. The normalized spacial score (nSPS) is 13.7. The predicted octanol–water partition coefficient (Wildman–Crippen LogP) is 3.21. The predicted molar refractivity (Wildman–Crippen MR) is 84.7 cm³/mol. The van der Waals surface area contributed by atoms with E-state index in [4.69, 9.17) is 4.74 Å². The average molecular weight is 347 g/mol. The van der Waals surface area contributed by atoms with E-state index in [1.54, 1.807) is 0 Å². The Bertz CT molecular complexity index is 384. The molecule has 1 aromatic heterocycles. The van der Waals surface area contributed by atoms with Crippen molar-refractivity contribution in [2.45, 2.75) is 58.6 Å². The summed E-state index contributed by atoms with van der Waals surface area (Å²) in [6, 6.07) is 0.0757. The van der Waals surface area contributed by atoms with Crippen molar-refractivity contribution in [2.24, 2.45) is 7.05 Å². The van der Waals surface area contributed by atoms with Gasteiger partial charge in [0.05, 0.1) is 17.3 Å². The second kappa shape index (κ2) is 8.10. The lowest BCUT2D eigenvalue weighted by atomic mass is 9.86. The van der Waals surface area contributed by atoms with Crippen LogP contribution in [0.5, 0.6) is 0 Å². The van der Waals surface area contributed by atoms with Gasteiger partial charge in [0.2, 0.25) is 0 Å². The molecule has 5 nitrogen and oxygen atoms in total. The van der Waals surface area contributed by atoms with Crippen molar-refractivity contribution in [1.29, 1.82) is 0 Å². The highest BCUT2D eigenvalue weighted by Gasteiger charge is 2.40. The second-order valence-electron chi connectivity index (χ2n) is 4.98. The molecule has 1 atom stereocenters. The van der Waals surface area contributed by atoms with Gasteiger partial charge in [-0.05, 0) is 48.7 Å². The molecule has 0 fully saturated rings. The van der Waals surface area contributed by atoms with Crippen LogP contribution < -0.4 is 5.32 Å². The van der Waals surface area contributed by atoms with Crippen LogP contribution in [0, 0.1) is 0 Å². The van der Waals surface area contributed by atoms with E-state index in [-0.39, 0.29) is 11.6 Å². The summed E-state index contributed by atoms with van der Waals surface area (Å²) in [4.78, 5) is 0. The van der Waals surface area contributed by atoms with E-state index in [1.165, 1.54) is 0 Å². The van der Waals surface area contributed by atoms with Crippen molar-refractivity contribution in [1.82, 2.24) is 20.3 Å². The molecule has 0 amide bonds. The summed E-state index contributed by atoms with van der Waals surface area (Å²) in [6.07, 6.45) is 2.96. The van der Waals surface area contributed by atoms with Gasteiger partial charge in [-0.15, -0.1) is 5.10 Å². The number of halogens is 1. The van der Waals surface area contributed by atoms with Gasteiger partial charge in [0.1, 0.15) is 0 Å². The topological polar surface area (TPSA) is 52.0 Å². The minimum Gasteiger partial charge on any atom is -0.373 e. The molecule has 0 radical (unpaired) electrons. The molecule has 0 saturated carbocycles. The molecule has 0 bridgehead atoms. The number of aromatic nitrogens is 3. The van der Waals surface area contributed by atoms with Crippen LogP contribution >= 0.6 is 15.9 Å². The number of aryl methyl sites for hydroxylation is 1. The number of ether oxygens (including phenoxy) is 1. The summed E-state index contributed by atoms with van der Waals surface area (Å²) in [5.74, 6) is 0. The van der Waals surface area contributed by atoms with Gasteiger partial charge in [-0.2, -0.15) is 0 Å². The van der Waals surface area contributed by atoms with Gasteiger partial charge >= 0.3 is 0 Å². The van der Waals surface area contributed by atoms with E-state index < -0.39 is 0 Å². The van der Waals surface area contributed by atoms with Crippen molar-refractivity contribution < 1.29 is 4.74 Å². The summed E-state index contributed by atoms with van der Waals surface area (Å²) >= 11 is 3.52. The zero-order valence-electron chi connectivity index (χ0n) is 13.2. The number of nitrogens with zero attached hydrogens (tertiary/aromatic N) is 3. The Balaban J connectivity index is 3.22. The van der Waals surface area contributed by atoms with Crippen LogP contribution in [0.2, 0.25) is 0 Å². The number of hydrogen-bond acceptors (Lipinski definition) is 4. The molecule has 20 heavy (non-hydrogen) atoms. The van der Waals surface area contributed by atoms with Gasteiger partial charge in [-0.1, -0.05) is 26.0 Å². The Morgan fingerprint density at radius 3 is 2.35 bits per heavy atom. The van der Waals surface area contributed by atoms with Gasteiger partial charge < -0.3 is 10.1 Å². The Kier molecular flexibility index (Phi) is 7.12. The first kappa shape index (κ1) is 17.6. The molecule has 0 spiro atoms. The highest BCUT2D eigenvalue weighted by atomic mass is 79.9. The molecule has 0 aromatic carbocycles. The molecule has 1 rings (SSSR count). The maximum absolute atomic E-state index is 6.17. The molecular weight excluding hydrogens is 320 g/mol. The van der Waals surface area contributed by atoms with Gasteiger partial charge in [0.25, 0.3) is 0 Å². The van der Waals surface area contributed by atoms with Crippen LogP contribution in [0.4, 0.5) is 0 Å². The lowest BCUT2D eigenvalue weighted by Crippen LogP contribution is -2.46. The Hall–Kier alpha value is -0.460. The molecule has 1 aromatic rings. The van der Waals surface area contributed by atoms with Gasteiger partial charge in [-0.3, -0.25) is 0 Å². The zero-order valence-corrected chi connectivity index (χ0v) is 14.8. The minimum absolute atomic E-state index is 0.0757. The molecule has 0 aliphatic heterocycles. The molecule has 0 aliphatic carbocycles. The Labute approximate surface area is 130 Å². The number of rotatable bonds is 9. The quantitative estimate of drug-likeness (QED) is 0.745. The molecule has 1 N–H and O–H groups in total. The minimum atomic E-state index is -0.234. The van der Waals surface area contributed by atoms with Crippen molar-refractivity contribution in [3.63, 3.8) is 0 Å². The monoisotopic (exact) mass is 346 g/mol. The maximum atomic E-state index is 6.17. The summed E-state index contributed by atoms with van der Waals surface area (Å²) in [6.45, 7) is 10.2. The largest absolute Gasteiger partial charge is 0.373 e. The van der Waals surface area contributed by atoms with E-state index in [0.29, 0.717) is 6.61 Å². The van der Waals surface area contributed by atoms with Crippen LogP contribution in [-0.2, 0) is 11.8 Å². The Morgan fingerprint density at radius 1 is 1.30 bits per heavy atom. The Morgan fingerprint density at radius 2 is 1.95 bits per heavy atom. The lowest BCUT2D eigenvalue weighted by molar-refractivity contribution is -0.0751. The highest BCUT2D eigenvalue weighted by molar-refractivity contribution is 9.10. The molecular formula is C14H27BrN4O. The molecule has 116 valence electrons. The third kappa shape index (κ3) is 3.59. The molecule has 6 heteroatoms. The smallest absolute Gasteiger partial charge is 0.153 e. The van der Waals surface area contributed by atoms with Gasteiger partial charge in [-0.25, -0.2) is 4.68 Å². The number of nitrogens with one attached hydrogen (secondary N) is 1. The first-order chi connectivity index (χ1) is 9.56. The van der Waals surface area contributed by atoms with Crippen LogP contribution in [0.3, 0.4) is 0 Å². The zero-order chi connectivity index (χ0) is 15.2. The molecule has 1 unspecified atom stereocenters. The van der Waals surface area contributed by atoms with E-state index >= 15 is 0 Å². The molecule has 0 aliphatic rings. The first-order valence-corrected chi connectivity index (χ1v) is 8.27. The van der Waals surface area contributed by atoms with Crippen molar-refractivity contribution in [3.8, 4) is 0 Å². The van der Waals surface area contributed by atoms with Gasteiger partial charge in [0.15, 0.2) is 4.60 Å². The van der Waals surface area contributed by atoms with Crippen molar-refractivity contribution >= 4 is 15.9 Å². The fourth-order valence-electron chi connectivity index (χ4n) is 2.70. The summed E-state index contributed by atoms with van der Waals surface area (Å²) < 4.78 is 8.79. The van der Waals surface area contributed by atoms with Crippen LogP contribution in [0.15, 0.2) is 4.60 Å². The first-order valence-electron chi connectivity index (χ1n) is 7.48. The fourth-order valence-corrected chi connectivity index (χ4v) is 3.26. The summed E-state index contributed by atoms with van der Waals surface area (Å²) in [5, 5.41) is 11.9. The van der Waals surface area contributed by atoms with E-state index in [0.717, 1.165) is 36.1 Å². The SMILES string of the molecule is CCCNC(c1c(Br)nnn1C)C(CC)(CC)OCC. The highest BCUT2D eigenvalue weighted by Crippen LogP contribution is 2.37.